The summed E-state index contributed by atoms with van der Waals surface area (Å²) < 4.78 is 13.0. The highest BCUT2D eigenvalue weighted by atomic mass is 32.2. The molecule has 0 bridgehead atoms. The molecule has 2 heterocycles. The van der Waals surface area contributed by atoms with Crippen LogP contribution < -0.4 is 4.74 Å². The molecule has 7 nitrogen and oxygen atoms in total. The molecule has 4 rings (SSSR count). The largest absolute Gasteiger partial charge is 0.497 e. The van der Waals surface area contributed by atoms with Gasteiger partial charge in [0.05, 0.1) is 12.4 Å². The number of hydrogen-bond acceptors (Lipinski definition) is 7. The van der Waals surface area contributed by atoms with Gasteiger partial charge in [0.15, 0.2) is 16.8 Å². The Labute approximate surface area is 198 Å². The fraction of sp³-hybridized carbons (Fsp3) is 0.360. The fourth-order valence-corrected chi connectivity index (χ4v) is 4.24. The molecule has 0 aliphatic heterocycles. The molecule has 0 N–H and O–H groups in total. The number of ether oxygens (including phenoxy) is 1. The van der Waals surface area contributed by atoms with Gasteiger partial charge in [0, 0.05) is 17.5 Å². The molecule has 33 heavy (non-hydrogen) atoms. The van der Waals surface area contributed by atoms with E-state index in [4.69, 9.17) is 9.26 Å². The lowest BCUT2D eigenvalue weighted by Crippen LogP contribution is -2.13. The summed E-state index contributed by atoms with van der Waals surface area (Å²) in [5.74, 6) is 2.93. The highest BCUT2D eigenvalue weighted by molar-refractivity contribution is 7.99. The minimum atomic E-state index is -0.163. The van der Waals surface area contributed by atoms with Crippen LogP contribution in [0, 0.1) is 0 Å². The van der Waals surface area contributed by atoms with Crippen LogP contribution >= 0.6 is 11.8 Å². The van der Waals surface area contributed by atoms with E-state index in [1.807, 2.05) is 37.3 Å². The molecular weight excluding hydrogens is 434 g/mol. The molecule has 1 unspecified atom stereocenters. The lowest BCUT2D eigenvalue weighted by atomic mass is 9.96. The normalized spacial score (nSPS) is 12.6. The molecule has 0 fully saturated rings. The summed E-state index contributed by atoms with van der Waals surface area (Å²) >= 11 is 1.57. The number of nitrogens with zero attached hydrogens (tertiary/aromatic N) is 5. The molecule has 2 aromatic carbocycles. The third kappa shape index (κ3) is 5.45. The van der Waals surface area contributed by atoms with Gasteiger partial charge in [-0.1, -0.05) is 68.0 Å². The molecule has 0 amide bonds. The highest BCUT2D eigenvalue weighted by Crippen LogP contribution is 2.36. The smallest absolute Gasteiger partial charge is 0.239 e. The van der Waals surface area contributed by atoms with Gasteiger partial charge in [-0.2, -0.15) is 4.98 Å². The first-order valence-electron chi connectivity index (χ1n) is 11.0. The molecule has 0 spiro atoms. The highest BCUT2D eigenvalue weighted by Gasteiger charge is 2.25. The van der Waals surface area contributed by atoms with Crippen LogP contribution in [0.4, 0.5) is 0 Å². The summed E-state index contributed by atoms with van der Waals surface area (Å²) in [4.78, 5) is 4.61. The van der Waals surface area contributed by atoms with Gasteiger partial charge in [-0.05, 0) is 43.2 Å². The number of aryl methyl sites for hydroxylation is 1. The van der Waals surface area contributed by atoms with Gasteiger partial charge in [-0.25, -0.2) is 0 Å². The van der Waals surface area contributed by atoms with E-state index < -0.39 is 0 Å². The molecule has 0 radical (unpaired) electrons. The minimum Gasteiger partial charge on any atom is -0.497 e. The van der Waals surface area contributed by atoms with E-state index >= 15 is 0 Å². The van der Waals surface area contributed by atoms with Crippen LogP contribution in [0.5, 0.6) is 5.75 Å². The van der Waals surface area contributed by atoms with Gasteiger partial charge in [0.1, 0.15) is 5.75 Å². The van der Waals surface area contributed by atoms with Crippen LogP contribution in [0.1, 0.15) is 50.2 Å². The van der Waals surface area contributed by atoms with Crippen LogP contribution in [-0.2, 0) is 18.4 Å². The SMILES string of the molecule is COc1ccc(-c2nnc(SC(C)c3nc(C(C)(C)C)no3)n2CCc2ccccc2)cc1. The van der Waals surface area contributed by atoms with E-state index in [1.165, 1.54) is 5.56 Å². The van der Waals surface area contributed by atoms with Crippen molar-refractivity contribution in [3.05, 3.63) is 71.9 Å². The van der Waals surface area contributed by atoms with Gasteiger partial charge in [-0.3, -0.25) is 0 Å². The first-order valence-corrected chi connectivity index (χ1v) is 11.9. The molecule has 0 saturated carbocycles. The Balaban J connectivity index is 1.62. The van der Waals surface area contributed by atoms with Gasteiger partial charge < -0.3 is 13.8 Å². The summed E-state index contributed by atoms with van der Waals surface area (Å²) in [6.07, 6.45) is 0.874. The standard InChI is InChI=1S/C25H29N5O2S/c1-17(22-26-23(29-32-22)25(2,3)4)33-24-28-27-21(19-11-13-20(31-5)14-12-19)30(24)16-15-18-9-7-6-8-10-18/h6-14,17H,15-16H2,1-5H3. The second-order valence-electron chi connectivity index (χ2n) is 8.89. The maximum Gasteiger partial charge on any atom is 0.239 e. The van der Waals surface area contributed by atoms with Crippen molar-refractivity contribution in [2.45, 2.75) is 56.5 Å². The maximum absolute atomic E-state index is 5.56. The Morgan fingerprint density at radius 1 is 1.03 bits per heavy atom. The zero-order chi connectivity index (χ0) is 23.4. The number of benzene rings is 2. The third-order valence-corrected chi connectivity index (χ3v) is 6.34. The monoisotopic (exact) mass is 463 g/mol. The summed E-state index contributed by atoms with van der Waals surface area (Å²) in [6.45, 7) is 9.01. The summed E-state index contributed by atoms with van der Waals surface area (Å²) in [7, 11) is 1.66. The Morgan fingerprint density at radius 2 is 1.76 bits per heavy atom. The van der Waals surface area contributed by atoms with Crippen molar-refractivity contribution in [3.8, 4) is 17.1 Å². The van der Waals surface area contributed by atoms with E-state index in [0.29, 0.717) is 11.7 Å². The number of aromatic nitrogens is 5. The summed E-state index contributed by atoms with van der Waals surface area (Å²) in [5, 5.41) is 14.0. The van der Waals surface area contributed by atoms with E-state index in [1.54, 1.807) is 18.9 Å². The number of thioether (sulfide) groups is 1. The fourth-order valence-electron chi connectivity index (χ4n) is 3.33. The Bertz CT molecular complexity index is 1180. The third-order valence-electron chi connectivity index (χ3n) is 5.27. The number of hydrogen-bond donors (Lipinski definition) is 0. The predicted molar refractivity (Wildman–Crippen MR) is 129 cm³/mol. The van der Waals surface area contributed by atoms with Crippen molar-refractivity contribution in [1.82, 2.24) is 24.9 Å². The molecule has 0 aliphatic carbocycles. The first kappa shape index (κ1) is 23.0. The summed E-state index contributed by atoms with van der Waals surface area (Å²) in [5.41, 5.74) is 2.09. The zero-order valence-corrected chi connectivity index (χ0v) is 20.5. The minimum absolute atomic E-state index is 0.0583. The molecule has 1 atom stereocenters. The summed E-state index contributed by atoms with van der Waals surface area (Å²) in [6, 6.07) is 18.3. The van der Waals surface area contributed by atoms with Crippen molar-refractivity contribution in [1.29, 1.82) is 0 Å². The van der Waals surface area contributed by atoms with Gasteiger partial charge in [0.25, 0.3) is 0 Å². The Morgan fingerprint density at radius 3 is 2.39 bits per heavy atom. The van der Waals surface area contributed by atoms with Crippen molar-refractivity contribution in [2.75, 3.05) is 7.11 Å². The lowest BCUT2D eigenvalue weighted by Gasteiger charge is -2.13. The average Bonchev–Trinajstić information content (AvgIpc) is 3.46. The second-order valence-corrected chi connectivity index (χ2v) is 10.2. The van der Waals surface area contributed by atoms with Crippen LogP contribution in [0.25, 0.3) is 11.4 Å². The van der Waals surface area contributed by atoms with Crippen LogP contribution in [0.2, 0.25) is 0 Å². The maximum atomic E-state index is 5.56. The van der Waals surface area contributed by atoms with Crippen LogP contribution in [0.15, 0.2) is 64.3 Å². The second kappa shape index (κ2) is 9.79. The lowest BCUT2D eigenvalue weighted by molar-refractivity contribution is 0.364. The van der Waals surface area contributed by atoms with Crippen molar-refractivity contribution in [2.24, 2.45) is 0 Å². The first-order chi connectivity index (χ1) is 15.8. The van der Waals surface area contributed by atoms with Crippen molar-refractivity contribution < 1.29 is 9.26 Å². The zero-order valence-electron chi connectivity index (χ0n) is 19.6. The quantitative estimate of drug-likeness (QED) is 0.309. The van der Waals surface area contributed by atoms with Gasteiger partial charge >= 0.3 is 0 Å². The van der Waals surface area contributed by atoms with Crippen molar-refractivity contribution in [3.63, 3.8) is 0 Å². The molecule has 8 heteroatoms. The number of methoxy groups -OCH3 is 1. The number of rotatable bonds is 8. The van der Waals surface area contributed by atoms with E-state index in [2.05, 4.69) is 69.9 Å². The molecule has 2 aromatic heterocycles. The van der Waals surface area contributed by atoms with E-state index in [-0.39, 0.29) is 10.7 Å². The molecule has 4 aromatic rings. The van der Waals surface area contributed by atoms with Crippen molar-refractivity contribution >= 4 is 11.8 Å². The Hall–Kier alpha value is -3.13. The van der Waals surface area contributed by atoms with E-state index in [0.717, 1.165) is 35.3 Å². The van der Waals surface area contributed by atoms with Gasteiger partial charge in [0.2, 0.25) is 5.89 Å². The van der Waals surface area contributed by atoms with Gasteiger partial charge in [-0.15, -0.1) is 10.2 Å². The van der Waals surface area contributed by atoms with E-state index in [9.17, 15) is 0 Å². The molecule has 0 aliphatic rings. The average molecular weight is 464 g/mol. The molecule has 0 saturated heterocycles. The van der Waals surface area contributed by atoms with Crippen LogP contribution in [0.3, 0.4) is 0 Å². The van der Waals surface area contributed by atoms with Crippen LogP contribution in [-0.4, -0.2) is 32.0 Å². The molecule has 172 valence electrons. The predicted octanol–water partition coefficient (Wildman–Crippen LogP) is 5.73. The topological polar surface area (TPSA) is 78.9 Å². The Kier molecular flexibility index (Phi) is 6.83. The molecular formula is C25H29N5O2S.